The molecule has 3 unspecified atom stereocenters. The number of carbonyl (C=O) groups excluding carboxylic acids is 1. The van der Waals surface area contributed by atoms with Crippen LogP contribution in [0, 0.1) is 11.3 Å². The van der Waals surface area contributed by atoms with Gasteiger partial charge in [-0.1, -0.05) is 12.8 Å². The first-order valence-corrected chi connectivity index (χ1v) is 5.74. The largest absolute Gasteiger partial charge is 0.468 e. The van der Waals surface area contributed by atoms with Gasteiger partial charge >= 0.3 is 5.97 Å². The molecule has 1 fully saturated rings. The number of esters is 1. The highest BCUT2D eigenvalue weighted by atomic mass is 16.5. The molecule has 0 spiro atoms. The molecule has 1 heterocycles. The molecule has 0 bridgehead atoms. The van der Waals surface area contributed by atoms with E-state index in [-0.39, 0.29) is 5.97 Å². The Balaban J connectivity index is 2.31. The second-order valence-corrected chi connectivity index (χ2v) is 4.87. The summed E-state index contributed by atoms with van der Waals surface area (Å²) in [6.07, 6.45) is 4.71. The van der Waals surface area contributed by atoms with Crippen LogP contribution in [-0.2, 0) is 9.53 Å². The van der Waals surface area contributed by atoms with E-state index < -0.39 is 5.41 Å². The molecule has 0 aromatic carbocycles. The normalized spacial score (nSPS) is 39.5. The molecule has 0 radical (unpaired) electrons. The van der Waals surface area contributed by atoms with Gasteiger partial charge in [-0.25, -0.2) is 0 Å². The SMILES string of the molecule is COC(=O)C1(C)C(C)=NC2CCCCC21. The molecule has 3 heteroatoms. The Morgan fingerprint density at radius 3 is 2.80 bits per heavy atom. The molecule has 1 aliphatic carbocycles. The molecule has 84 valence electrons. The van der Waals surface area contributed by atoms with Crippen LogP contribution in [0.4, 0.5) is 0 Å². The van der Waals surface area contributed by atoms with Gasteiger partial charge in [0.1, 0.15) is 5.41 Å². The van der Waals surface area contributed by atoms with Crippen molar-refractivity contribution in [3.63, 3.8) is 0 Å². The molecule has 15 heavy (non-hydrogen) atoms. The summed E-state index contributed by atoms with van der Waals surface area (Å²) >= 11 is 0. The highest BCUT2D eigenvalue weighted by Gasteiger charge is 2.52. The van der Waals surface area contributed by atoms with E-state index in [0.29, 0.717) is 12.0 Å². The third-order valence-corrected chi connectivity index (χ3v) is 4.19. The first-order valence-electron chi connectivity index (χ1n) is 5.74. The van der Waals surface area contributed by atoms with E-state index in [4.69, 9.17) is 4.74 Å². The van der Waals surface area contributed by atoms with Gasteiger partial charge in [-0.15, -0.1) is 0 Å². The summed E-state index contributed by atoms with van der Waals surface area (Å²) in [6, 6.07) is 0.364. The Bertz CT molecular complexity index is 311. The van der Waals surface area contributed by atoms with Gasteiger partial charge in [0.25, 0.3) is 0 Å². The summed E-state index contributed by atoms with van der Waals surface area (Å²) in [6.45, 7) is 3.96. The Kier molecular flexibility index (Phi) is 2.57. The molecule has 0 N–H and O–H groups in total. The number of carbonyl (C=O) groups is 1. The number of ether oxygens (including phenoxy) is 1. The lowest BCUT2D eigenvalue weighted by Gasteiger charge is -2.34. The van der Waals surface area contributed by atoms with E-state index in [1.807, 2.05) is 13.8 Å². The fraction of sp³-hybridized carbons (Fsp3) is 0.833. The smallest absolute Gasteiger partial charge is 0.317 e. The molecule has 3 atom stereocenters. The molecular formula is C12H19NO2. The van der Waals surface area contributed by atoms with Gasteiger partial charge in [0.2, 0.25) is 0 Å². The maximum Gasteiger partial charge on any atom is 0.317 e. The van der Waals surface area contributed by atoms with E-state index in [9.17, 15) is 4.79 Å². The molecule has 1 saturated carbocycles. The Hall–Kier alpha value is -0.860. The fourth-order valence-corrected chi connectivity index (χ4v) is 3.10. The molecule has 0 aromatic rings. The van der Waals surface area contributed by atoms with Gasteiger partial charge in [-0.2, -0.15) is 0 Å². The van der Waals surface area contributed by atoms with Crippen LogP contribution in [0.5, 0.6) is 0 Å². The minimum absolute atomic E-state index is 0.113. The molecule has 1 aliphatic heterocycles. The topological polar surface area (TPSA) is 38.7 Å². The van der Waals surface area contributed by atoms with Crippen molar-refractivity contribution in [1.29, 1.82) is 0 Å². The van der Waals surface area contributed by atoms with Gasteiger partial charge in [0.15, 0.2) is 0 Å². The van der Waals surface area contributed by atoms with Crippen LogP contribution in [0.2, 0.25) is 0 Å². The number of fused-ring (bicyclic) bond motifs is 1. The average molecular weight is 209 g/mol. The molecule has 2 rings (SSSR count). The Morgan fingerprint density at radius 1 is 1.47 bits per heavy atom. The van der Waals surface area contributed by atoms with Crippen molar-refractivity contribution in [2.75, 3.05) is 7.11 Å². The average Bonchev–Trinajstić information content (AvgIpc) is 2.52. The highest BCUT2D eigenvalue weighted by molar-refractivity contribution is 6.07. The number of hydrogen-bond donors (Lipinski definition) is 0. The molecule has 0 aromatic heterocycles. The quantitative estimate of drug-likeness (QED) is 0.621. The lowest BCUT2D eigenvalue weighted by Crippen LogP contribution is -2.42. The van der Waals surface area contributed by atoms with Gasteiger partial charge in [-0.3, -0.25) is 9.79 Å². The molecular weight excluding hydrogens is 190 g/mol. The zero-order valence-electron chi connectivity index (χ0n) is 9.75. The van der Waals surface area contributed by atoms with E-state index in [2.05, 4.69) is 4.99 Å². The fourth-order valence-electron chi connectivity index (χ4n) is 3.10. The number of aliphatic imine (C=N–C) groups is 1. The predicted octanol–water partition coefficient (Wildman–Crippen LogP) is 2.20. The van der Waals surface area contributed by atoms with Crippen molar-refractivity contribution in [3.05, 3.63) is 0 Å². The van der Waals surface area contributed by atoms with Crippen LogP contribution < -0.4 is 0 Å². The summed E-state index contributed by atoms with van der Waals surface area (Å²) in [4.78, 5) is 16.5. The van der Waals surface area contributed by atoms with E-state index in [0.717, 1.165) is 18.6 Å². The van der Waals surface area contributed by atoms with Crippen LogP contribution in [-0.4, -0.2) is 24.8 Å². The maximum absolute atomic E-state index is 11.9. The van der Waals surface area contributed by atoms with Crippen molar-refractivity contribution in [1.82, 2.24) is 0 Å². The van der Waals surface area contributed by atoms with Gasteiger partial charge in [0, 0.05) is 11.6 Å². The van der Waals surface area contributed by atoms with E-state index in [1.165, 1.54) is 20.0 Å². The minimum Gasteiger partial charge on any atom is -0.468 e. The maximum atomic E-state index is 11.9. The number of methoxy groups -OCH3 is 1. The Morgan fingerprint density at radius 2 is 2.13 bits per heavy atom. The van der Waals surface area contributed by atoms with Crippen LogP contribution in [0.15, 0.2) is 4.99 Å². The van der Waals surface area contributed by atoms with E-state index >= 15 is 0 Å². The first-order chi connectivity index (χ1) is 7.10. The van der Waals surface area contributed by atoms with Crippen LogP contribution in [0.3, 0.4) is 0 Å². The Labute approximate surface area is 90.9 Å². The number of nitrogens with zero attached hydrogens (tertiary/aromatic N) is 1. The lowest BCUT2D eigenvalue weighted by molar-refractivity contribution is -0.150. The molecule has 0 amide bonds. The number of rotatable bonds is 1. The summed E-state index contributed by atoms with van der Waals surface area (Å²) in [5.41, 5.74) is 0.506. The van der Waals surface area contributed by atoms with Crippen LogP contribution in [0.25, 0.3) is 0 Å². The second kappa shape index (κ2) is 3.62. The summed E-state index contributed by atoms with van der Waals surface area (Å²) in [5, 5.41) is 0. The zero-order valence-corrected chi connectivity index (χ0v) is 9.75. The molecule has 0 saturated heterocycles. The first kappa shape index (κ1) is 10.7. The monoisotopic (exact) mass is 209 g/mol. The van der Waals surface area contributed by atoms with Crippen molar-refractivity contribution in [2.45, 2.75) is 45.6 Å². The van der Waals surface area contributed by atoms with Gasteiger partial charge < -0.3 is 4.74 Å². The zero-order chi connectivity index (χ0) is 11.1. The third kappa shape index (κ3) is 1.40. The summed E-state index contributed by atoms with van der Waals surface area (Å²) in [7, 11) is 1.47. The molecule has 2 aliphatic rings. The summed E-state index contributed by atoms with van der Waals surface area (Å²) < 4.78 is 4.94. The highest BCUT2D eigenvalue weighted by Crippen LogP contribution is 2.46. The van der Waals surface area contributed by atoms with Gasteiger partial charge in [-0.05, 0) is 26.7 Å². The second-order valence-electron chi connectivity index (χ2n) is 4.87. The van der Waals surface area contributed by atoms with Crippen LogP contribution >= 0.6 is 0 Å². The third-order valence-electron chi connectivity index (χ3n) is 4.19. The minimum atomic E-state index is -0.458. The predicted molar refractivity (Wildman–Crippen MR) is 59.0 cm³/mol. The van der Waals surface area contributed by atoms with Crippen molar-refractivity contribution < 1.29 is 9.53 Å². The molecule has 3 nitrogen and oxygen atoms in total. The number of hydrogen-bond acceptors (Lipinski definition) is 3. The van der Waals surface area contributed by atoms with Crippen molar-refractivity contribution in [2.24, 2.45) is 16.3 Å². The van der Waals surface area contributed by atoms with Gasteiger partial charge in [0.05, 0.1) is 13.2 Å². The van der Waals surface area contributed by atoms with Crippen molar-refractivity contribution in [3.8, 4) is 0 Å². The summed E-state index contributed by atoms with van der Waals surface area (Å²) in [5.74, 6) is 0.261. The van der Waals surface area contributed by atoms with E-state index in [1.54, 1.807) is 0 Å². The lowest BCUT2D eigenvalue weighted by atomic mass is 9.68. The van der Waals surface area contributed by atoms with Crippen LogP contribution in [0.1, 0.15) is 39.5 Å². The standard InChI is InChI=1S/C12H19NO2/c1-8-12(2,11(14)15-3)9-6-4-5-7-10(9)13-8/h9-10H,4-7H2,1-3H3. The van der Waals surface area contributed by atoms with Crippen molar-refractivity contribution >= 4 is 11.7 Å².